The normalized spacial score (nSPS) is 11.5. The number of benzene rings is 3. The molecule has 0 aliphatic heterocycles. The maximum atomic E-state index is 4.77. The van der Waals surface area contributed by atoms with Gasteiger partial charge in [-0.2, -0.15) is 0 Å². The molecule has 0 atom stereocenters. The summed E-state index contributed by atoms with van der Waals surface area (Å²) in [7, 11) is 0. The highest BCUT2D eigenvalue weighted by molar-refractivity contribution is 6.12. The average Bonchev–Trinajstić information content (AvgIpc) is 3.10. The van der Waals surface area contributed by atoms with E-state index in [9.17, 15) is 0 Å². The lowest BCUT2D eigenvalue weighted by atomic mass is 9.95. The second kappa shape index (κ2) is 5.82. The Labute approximate surface area is 158 Å². The van der Waals surface area contributed by atoms with Crippen LogP contribution in [0.15, 0.2) is 73.4 Å². The van der Waals surface area contributed by atoms with Crippen LogP contribution in [0.1, 0.15) is 16.8 Å². The third-order valence-electron chi connectivity index (χ3n) is 5.34. The van der Waals surface area contributed by atoms with Crippen molar-refractivity contribution in [1.82, 2.24) is 9.38 Å². The SMILES string of the molecule is C=Cc1ccc(-c2cc3c4ccccc4c4nc(C)cn4c3cc2C)cc1. The van der Waals surface area contributed by atoms with Crippen molar-refractivity contribution in [3.63, 3.8) is 0 Å². The van der Waals surface area contributed by atoms with Gasteiger partial charge in [0.1, 0.15) is 5.65 Å². The predicted octanol–water partition coefficient (Wildman–Crippen LogP) is 6.57. The smallest absolute Gasteiger partial charge is 0.145 e. The van der Waals surface area contributed by atoms with Gasteiger partial charge in [-0.15, -0.1) is 0 Å². The van der Waals surface area contributed by atoms with Crippen LogP contribution in [0.2, 0.25) is 0 Å². The Bertz CT molecular complexity index is 1340. The quantitative estimate of drug-likeness (QED) is 0.330. The van der Waals surface area contributed by atoms with Crippen LogP contribution in [-0.4, -0.2) is 9.38 Å². The molecule has 0 amide bonds. The van der Waals surface area contributed by atoms with Crippen molar-refractivity contribution in [2.45, 2.75) is 13.8 Å². The lowest BCUT2D eigenvalue weighted by molar-refractivity contribution is 1.26. The fourth-order valence-electron chi connectivity index (χ4n) is 4.00. The molecule has 0 bridgehead atoms. The zero-order valence-corrected chi connectivity index (χ0v) is 15.5. The highest BCUT2D eigenvalue weighted by atomic mass is 15.0. The van der Waals surface area contributed by atoms with Crippen LogP contribution in [0.25, 0.3) is 44.5 Å². The molecular weight excluding hydrogens is 328 g/mol. The molecular formula is C25H20N2. The Balaban J connectivity index is 1.90. The van der Waals surface area contributed by atoms with Crippen LogP contribution in [0.4, 0.5) is 0 Å². The first kappa shape index (κ1) is 15.8. The van der Waals surface area contributed by atoms with E-state index in [0.29, 0.717) is 0 Å². The van der Waals surface area contributed by atoms with Gasteiger partial charge in [0.2, 0.25) is 0 Å². The van der Waals surface area contributed by atoms with Gasteiger partial charge in [-0.05, 0) is 53.6 Å². The summed E-state index contributed by atoms with van der Waals surface area (Å²) in [5.74, 6) is 0. The third-order valence-corrected chi connectivity index (χ3v) is 5.34. The number of rotatable bonds is 2. The highest BCUT2D eigenvalue weighted by Gasteiger charge is 2.13. The van der Waals surface area contributed by atoms with E-state index in [-0.39, 0.29) is 0 Å². The molecule has 0 aliphatic carbocycles. The monoisotopic (exact) mass is 348 g/mol. The van der Waals surface area contributed by atoms with Crippen molar-refractivity contribution in [1.29, 1.82) is 0 Å². The van der Waals surface area contributed by atoms with Crippen LogP contribution in [0, 0.1) is 13.8 Å². The molecule has 5 aromatic rings. The largest absolute Gasteiger partial charge is 0.299 e. The highest BCUT2D eigenvalue weighted by Crippen LogP contribution is 2.34. The topological polar surface area (TPSA) is 17.3 Å². The first-order valence-corrected chi connectivity index (χ1v) is 9.19. The van der Waals surface area contributed by atoms with Crippen molar-refractivity contribution < 1.29 is 0 Å². The molecule has 2 nitrogen and oxygen atoms in total. The number of pyridine rings is 1. The molecule has 0 saturated carbocycles. The summed E-state index contributed by atoms with van der Waals surface area (Å²) in [6.45, 7) is 8.08. The van der Waals surface area contributed by atoms with Crippen molar-refractivity contribution in [3.8, 4) is 11.1 Å². The van der Waals surface area contributed by atoms with Crippen LogP contribution in [0.5, 0.6) is 0 Å². The molecule has 2 aromatic heterocycles. The minimum Gasteiger partial charge on any atom is -0.299 e. The Morgan fingerprint density at radius 1 is 0.889 bits per heavy atom. The number of hydrogen-bond acceptors (Lipinski definition) is 1. The van der Waals surface area contributed by atoms with Crippen molar-refractivity contribution in [3.05, 3.63) is 90.3 Å². The van der Waals surface area contributed by atoms with Crippen molar-refractivity contribution in [2.24, 2.45) is 0 Å². The third kappa shape index (κ3) is 2.37. The molecule has 0 saturated heterocycles. The molecule has 0 aliphatic rings. The Morgan fingerprint density at radius 2 is 1.63 bits per heavy atom. The van der Waals surface area contributed by atoms with Crippen LogP contribution >= 0.6 is 0 Å². The Hall–Kier alpha value is -3.39. The minimum atomic E-state index is 1.03. The zero-order chi connectivity index (χ0) is 18.5. The molecule has 130 valence electrons. The molecule has 27 heavy (non-hydrogen) atoms. The fourth-order valence-corrected chi connectivity index (χ4v) is 4.00. The van der Waals surface area contributed by atoms with E-state index in [1.165, 1.54) is 38.4 Å². The number of imidazole rings is 1. The van der Waals surface area contributed by atoms with Gasteiger partial charge < -0.3 is 0 Å². The van der Waals surface area contributed by atoms with Gasteiger partial charge in [0.15, 0.2) is 0 Å². The molecule has 5 rings (SSSR count). The number of aryl methyl sites for hydroxylation is 2. The number of hydrogen-bond donors (Lipinski definition) is 0. The van der Waals surface area contributed by atoms with E-state index >= 15 is 0 Å². The first-order valence-electron chi connectivity index (χ1n) is 9.19. The molecule has 0 fully saturated rings. The standard InChI is InChI=1S/C25H20N2/c1-4-18-9-11-19(12-10-18)22-14-23-20-7-5-6-8-21(20)25-26-17(3)15-27(25)24(23)13-16(22)2/h4-15H,1H2,2-3H3. The van der Waals surface area contributed by atoms with Gasteiger partial charge in [0, 0.05) is 17.0 Å². The van der Waals surface area contributed by atoms with Gasteiger partial charge >= 0.3 is 0 Å². The zero-order valence-electron chi connectivity index (χ0n) is 15.5. The van der Waals surface area contributed by atoms with Crippen LogP contribution in [0.3, 0.4) is 0 Å². The molecule has 2 heterocycles. The molecule has 0 radical (unpaired) electrons. The summed E-state index contributed by atoms with van der Waals surface area (Å²) in [5, 5.41) is 3.69. The minimum absolute atomic E-state index is 1.03. The maximum Gasteiger partial charge on any atom is 0.145 e. The number of aromatic nitrogens is 2. The van der Waals surface area contributed by atoms with E-state index in [4.69, 9.17) is 4.98 Å². The summed E-state index contributed by atoms with van der Waals surface area (Å²) < 4.78 is 2.23. The van der Waals surface area contributed by atoms with Crippen molar-refractivity contribution in [2.75, 3.05) is 0 Å². The van der Waals surface area contributed by atoms with Gasteiger partial charge in [0.25, 0.3) is 0 Å². The predicted molar refractivity (Wildman–Crippen MR) is 115 cm³/mol. The molecule has 3 aromatic carbocycles. The maximum absolute atomic E-state index is 4.77. The van der Waals surface area contributed by atoms with Crippen LogP contribution in [-0.2, 0) is 0 Å². The molecule has 2 heteroatoms. The number of nitrogens with zero attached hydrogens (tertiary/aromatic N) is 2. The van der Waals surface area contributed by atoms with E-state index in [1.807, 2.05) is 6.08 Å². The summed E-state index contributed by atoms with van der Waals surface area (Å²) in [5.41, 5.74) is 8.15. The second-order valence-electron chi connectivity index (χ2n) is 7.13. The summed E-state index contributed by atoms with van der Waals surface area (Å²) in [6.07, 6.45) is 4.00. The Morgan fingerprint density at radius 3 is 2.37 bits per heavy atom. The van der Waals surface area contributed by atoms with Gasteiger partial charge in [-0.25, -0.2) is 4.98 Å². The average molecular weight is 348 g/mol. The van der Waals surface area contributed by atoms with Crippen molar-refractivity contribution >= 4 is 33.4 Å². The lowest BCUT2D eigenvalue weighted by Gasteiger charge is -2.13. The van der Waals surface area contributed by atoms with E-state index in [2.05, 4.69) is 91.7 Å². The summed E-state index contributed by atoms with van der Waals surface area (Å²) in [4.78, 5) is 4.77. The molecule has 0 N–H and O–H groups in total. The Kier molecular flexibility index (Phi) is 3.41. The van der Waals surface area contributed by atoms with Gasteiger partial charge in [0.05, 0.1) is 11.2 Å². The second-order valence-corrected chi connectivity index (χ2v) is 7.13. The summed E-state index contributed by atoms with van der Waals surface area (Å²) in [6, 6.07) is 21.7. The van der Waals surface area contributed by atoms with E-state index < -0.39 is 0 Å². The van der Waals surface area contributed by atoms with Gasteiger partial charge in [-0.1, -0.05) is 61.2 Å². The fraction of sp³-hybridized carbons (Fsp3) is 0.0800. The molecule has 0 unspecified atom stereocenters. The molecule has 0 spiro atoms. The van der Waals surface area contributed by atoms with Gasteiger partial charge in [-0.3, -0.25) is 4.40 Å². The lowest BCUT2D eigenvalue weighted by Crippen LogP contribution is -1.93. The van der Waals surface area contributed by atoms with E-state index in [1.54, 1.807) is 0 Å². The first-order chi connectivity index (χ1) is 13.2. The van der Waals surface area contributed by atoms with E-state index in [0.717, 1.165) is 16.9 Å². The van der Waals surface area contributed by atoms with Crippen LogP contribution < -0.4 is 0 Å². The number of fused-ring (bicyclic) bond motifs is 6. The summed E-state index contributed by atoms with van der Waals surface area (Å²) >= 11 is 0.